The number of ether oxygens (including phenoxy) is 1. The molecule has 0 spiro atoms. The van der Waals surface area contributed by atoms with Gasteiger partial charge in [0.1, 0.15) is 5.75 Å². The third kappa shape index (κ3) is 5.42. The van der Waals surface area contributed by atoms with Crippen LogP contribution in [-0.2, 0) is 4.79 Å². The maximum Gasteiger partial charge on any atom is 0.225 e. The number of amides is 1. The van der Waals surface area contributed by atoms with Gasteiger partial charge in [-0.3, -0.25) is 4.79 Å². The van der Waals surface area contributed by atoms with Crippen LogP contribution in [0.25, 0.3) is 0 Å². The fourth-order valence-electron chi connectivity index (χ4n) is 1.51. The third-order valence-electron chi connectivity index (χ3n) is 2.80. The van der Waals surface area contributed by atoms with Gasteiger partial charge >= 0.3 is 0 Å². The van der Waals surface area contributed by atoms with Crippen LogP contribution in [0.15, 0.2) is 18.2 Å². The van der Waals surface area contributed by atoms with Gasteiger partial charge in [0.15, 0.2) is 0 Å². The van der Waals surface area contributed by atoms with Crippen LogP contribution in [0.1, 0.15) is 26.7 Å². The van der Waals surface area contributed by atoms with E-state index >= 15 is 0 Å². The van der Waals surface area contributed by atoms with Crippen molar-refractivity contribution in [2.24, 2.45) is 0 Å². The minimum absolute atomic E-state index is 0.0142. The van der Waals surface area contributed by atoms with Gasteiger partial charge < -0.3 is 15.8 Å². The summed E-state index contributed by atoms with van der Waals surface area (Å²) in [6.07, 6.45) is 1.61. The summed E-state index contributed by atoms with van der Waals surface area (Å²) in [7, 11) is 1.57. The molecule has 0 saturated heterocycles. The van der Waals surface area contributed by atoms with Crippen molar-refractivity contribution in [3.8, 4) is 5.75 Å². The van der Waals surface area contributed by atoms with Gasteiger partial charge in [-0.1, -0.05) is 13.8 Å². The lowest BCUT2D eigenvalue weighted by atomic mass is 10.2. The normalized spacial score (nSPS) is 11.9. The second-order valence-corrected chi connectivity index (χ2v) is 5.89. The highest BCUT2D eigenvalue weighted by atomic mass is 32.2. The van der Waals surface area contributed by atoms with Crippen molar-refractivity contribution >= 4 is 29.0 Å². The molecule has 1 amide bonds. The standard InChI is InChI=1S/C14H22N2O2S/c1-4-10(2)19-8-7-14(17)16-12-9-11(15)5-6-13(12)18-3/h5-6,9-10H,4,7-8,15H2,1-3H3,(H,16,17). The van der Waals surface area contributed by atoms with Crippen molar-refractivity contribution in [1.82, 2.24) is 0 Å². The van der Waals surface area contributed by atoms with Crippen LogP contribution in [0.3, 0.4) is 0 Å². The van der Waals surface area contributed by atoms with E-state index in [4.69, 9.17) is 10.5 Å². The number of thioether (sulfide) groups is 1. The van der Waals surface area contributed by atoms with E-state index in [2.05, 4.69) is 19.2 Å². The number of hydrogen-bond donors (Lipinski definition) is 2. The minimum Gasteiger partial charge on any atom is -0.495 e. The lowest BCUT2D eigenvalue weighted by Crippen LogP contribution is -2.13. The van der Waals surface area contributed by atoms with Gasteiger partial charge in [-0.25, -0.2) is 0 Å². The van der Waals surface area contributed by atoms with Gasteiger partial charge in [0.25, 0.3) is 0 Å². The number of anilines is 2. The Labute approximate surface area is 119 Å². The summed E-state index contributed by atoms with van der Waals surface area (Å²) in [6.45, 7) is 4.32. The smallest absolute Gasteiger partial charge is 0.225 e. The topological polar surface area (TPSA) is 64.4 Å². The maximum absolute atomic E-state index is 11.8. The number of nitrogen functional groups attached to an aromatic ring is 1. The fraction of sp³-hybridized carbons (Fsp3) is 0.500. The molecular weight excluding hydrogens is 260 g/mol. The molecule has 19 heavy (non-hydrogen) atoms. The Kier molecular flexibility index (Phi) is 6.56. The molecule has 1 aromatic rings. The number of hydrogen-bond acceptors (Lipinski definition) is 4. The molecule has 0 radical (unpaired) electrons. The first-order valence-corrected chi connectivity index (χ1v) is 7.46. The number of carbonyl (C=O) groups excluding carboxylic acids is 1. The zero-order valence-electron chi connectivity index (χ0n) is 11.7. The summed E-state index contributed by atoms with van der Waals surface area (Å²) >= 11 is 1.81. The molecule has 1 rings (SSSR count). The highest BCUT2D eigenvalue weighted by molar-refractivity contribution is 7.99. The highest BCUT2D eigenvalue weighted by Crippen LogP contribution is 2.26. The van der Waals surface area contributed by atoms with Crippen LogP contribution in [0.2, 0.25) is 0 Å². The average molecular weight is 282 g/mol. The van der Waals surface area contributed by atoms with E-state index in [9.17, 15) is 4.79 Å². The van der Waals surface area contributed by atoms with E-state index in [1.807, 2.05) is 11.8 Å². The Morgan fingerprint density at radius 2 is 2.26 bits per heavy atom. The molecule has 0 aliphatic heterocycles. The van der Waals surface area contributed by atoms with E-state index < -0.39 is 0 Å². The molecule has 5 heteroatoms. The first-order chi connectivity index (χ1) is 9.06. The molecule has 1 unspecified atom stereocenters. The molecule has 0 aliphatic rings. The first-order valence-electron chi connectivity index (χ1n) is 6.41. The number of nitrogens with two attached hydrogens (primary N) is 1. The summed E-state index contributed by atoms with van der Waals surface area (Å²) in [6, 6.07) is 5.20. The van der Waals surface area contributed by atoms with E-state index in [0.717, 1.165) is 12.2 Å². The van der Waals surface area contributed by atoms with Crippen molar-refractivity contribution in [3.05, 3.63) is 18.2 Å². The van der Waals surface area contributed by atoms with Gasteiger partial charge in [-0.2, -0.15) is 11.8 Å². The van der Waals surface area contributed by atoms with Gasteiger partial charge in [-0.05, 0) is 24.6 Å². The summed E-state index contributed by atoms with van der Waals surface area (Å²) in [5.74, 6) is 1.43. The summed E-state index contributed by atoms with van der Waals surface area (Å²) in [5.41, 5.74) is 6.93. The number of rotatable bonds is 7. The molecule has 3 N–H and O–H groups in total. The molecule has 1 atom stereocenters. The monoisotopic (exact) mass is 282 g/mol. The van der Waals surface area contributed by atoms with E-state index in [1.165, 1.54) is 0 Å². The van der Waals surface area contributed by atoms with Crippen LogP contribution in [-0.4, -0.2) is 24.0 Å². The van der Waals surface area contributed by atoms with Gasteiger partial charge in [0.2, 0.25) is 5.91 Å². The predicted octanol–water partition coefficient (Wildman–Crippen LogP) is 3.14. The first kappa shape index (κ1) is 15.7. The molecule has 0 saturated carbocycles. The Balaban J connectivity index is 2.50. The quantitative estimate of drug-likeness (QED) is 0.754. The second-order valence-electron chi connectivity index (χ2n) is 4.35. The predicted molar refractivity (Wildman–Crippen MR) is 82.9 cm³/mol. The molecule has 0 heterocycles. The highest BCUT2D eigenvalue weighted by Gasteiger charge is 2.08. The molecule has 0 bridgehead atoms. The van der Waals surface area contributed by atoms with Gasteiger partial charge in [-0.15, -0.1) is 0 Å². The van der Waals surface area contributed by atoms with Gasteiger partial charge in [0, 0.05) is 23.1 Å². The lowest BCUT2D eigenvalue weighted by Gasteiger charge is -2.11. The SMILES string of the molecule is CCC(C)SCCC(=O)Nc1cc(N)ccc1OC. The number of carbonyl (C=O) groups is 1. The van der Waals surface area contributed by atoms with Crippen LogP contribution in [0.4, 0.5) is 11.4 Å². The molecule has 0 aliphatic carbocycles. The van der Waals surface area contributed by atoms with Crippen LogP contribution in [0.5, 0.6) is 5.75 Å². The summed E-state index contributed by atoms with van der Waals surface area (Å²) < 4.78 is 5.19. The number of methoxy groups -OCH3 is 1. The Morgan fingerprint density at radius 3 is 2.89 bits per heavy atom. The Hall–Kier alpha value is -1.36. The Bertz CT molecular complexity index is 424. The zero-order valence-corrected chi connectivity index (χ0v) is 12.5. The average Bonchev–Trinajstić information content (AvgIpc) is 2.38. The van der Waals surface area contributed by atoms with Crippen molar-refractivity contribution in [2.75, 3.05) is 23.9 Å². The second kappa shape index (κ2) is 7.94. The van der Waals surface area contributed by atoms with Crippen molar-refractivity contribution in [3.63, 3.8) is 0 Å². The molecule has 106 valence electrons. The fourth-order valence-corrected chi connectivity index (χ4v) is 2.45. The van der Waals surface area contributed by atoms with Crippen molar-refractivity contribution < 1.29 is 9.53 Å². The lowest BCUT2D eigenvalue weighted by molar-refractivity contribution is -0.115. The summed E-state index contributed by atoms with van der Waals surface area (Å²) in [5, 5.41) is 3.43. The largest absolute Gasteiger partial charge is 0.495 e. The molecule has 0 aromatic heterocycles. The van der Waals surface area contributed by atoms with Gasteiger partial charge in [0.05, 0.1) is 12.8 Å². The van der Waals surface area contributed by atoms with Crippen molar-refractivity contribution in [2.45, 2.75) is 31.9 Å². The third-order valence-corrected chi connectivity index (χ3v) is 4.15. The molecule has 0 fully saturated rings. The van der Waals surface area contributed by atoms with Crippen molar-refractivity contribution in [1.29, 1.82) is 0 Å². The van der Waals surface area contributed by atoms with Crippen LogP contribution in [0, 0.1) is 0 Å². The van der Waals surface area contributed by atoms with E-state index in [0.29, 0.717) is 28.8 Å². The molecule has 1 aromatic carbocycles. The Morgan fingerprint density at radius 1 is 1.53 bits per heavy atom. The maximum atomic E-state index is 11.8. The van der Waals surface area contributed by atoms with E-state index in [-0.39, 0.29) is 5.91 Å². The molecular formula is C14H22N2O2S. The molecule has 4 nitrogen and oxygen atoms in total. The number of nitrogens with one attached hydrogen (secondary N) is 1. The minimum atomic E-state index is -0.0142. The summed E-state index contributed by atoms with van der Waals surface area (Å²) in [4.78, 5) is 11.8. The van der Waals surface area contributed by atoms with E-state index in [1.54, 1.807) is 25.3 Å². The van der Waals surface area contributed by atoms with Crippen LogP contribution < -0.4 is 15.8 Å². The zero-order chi connectivity index (χ0) is 14.3. The van der Waals surface area contributed by atoms with Crippen LogP contribution >= 0.6 is 11.8 Å². The number of benzene rings is 1.